The number of hydrogen-bond acceptors (Lipinski definition) is 4. The van der Waals surface area contributed by atoms with Crippen molar-refractivity contribution in [2.24, 2.45) is 11.5 Å². The highest BCUT2D eigenvalue weighted by molar-refractivity contribution is 5.85. The van der Waals surface area contributed by atoms with E-state index in [0.717, 1.165) is 11.4 Å². The van der Waals surface area contributed by atoms with Crippen molar-refractivity contribution in [1.82, 2.24) is 0 Å². The zero-order chi connectivity index (χ0) is 10.2. The van der Waals surface area contributed by atoms with Crippen molar-refractivity contribution in [2.75, 3.05) is 13.2 Å². The Morgan fingerprint density at radius 3 is 1.40 bits per heavy atom. The number of rotatable bonds is 0. The second kappa shape index (κ2) is 7.82. The number of allylic oxidation sites excluding steroid dienone is 2. The second-order valence-corrected chi connectivity index (χ2v) is 2.68. The van der Waals surface area contributed by atoms with Crippen LogP contribution in [0, 0.1) is 0 Å². The summed E-state index contributed by atoms with van der Waals surface area (Å²) in [6.07, 6.45) is 10.3. The molecule has 0 bridgehead atoms. The fraction of sp³-hybridized carbons (Fsp3) is 0.200. The molecule has 4 N–H and O–H groups in total. The van der Waals surface area contributed by atoms with E-state index in [1.807, 2.05) is 12.2 Å². The average molecular weight is 231 g/mol. The van der Waals surface area contributed by atoms with Crippen LogP contribution in [-0.4, -0.2) is 13.2 Å². The third-order valence-electron chi connectivity index (χ3n) is 1.54. The van der Waals surface area contributed by atoms with Crippen LogP contribution in [0.3, 0.4) is 0 Å². The van der Waals surface area contributed by atoms with Crippen LogP contribution in [-0.2, 0) is 9.47 Å². The predicted molar refractivity (Wildman–Crippen MR) is 62.0 cm³/mol. The van der Waals surface area contributed by atoms with Crippen molar-refractivity contribution in [3.05, 3.63) is 48.2 Å². The summed E-state index contributed by atoms with van der Waals surface area (Å²) in [7, 11) is 0. The van der Waals surface area contributed by atoms with Crippen LogP contribution >= 0.6 is 12.4 Å². The van der Waals surface area contributed by atoms with Gasteiger partial charge < -0.3 is 20.9 Å². The molecule has 0 fully saturated rings. The standard InChI is InChI=1S/2C5H7NO.ClH/c2*6-5-1-3-7-4-2-5;/h2*1-3H,4,6H2;1H. The molecule has 2 aliphatic rings. The molecule has 0 atom stereocenters. The van der Waals surface area contributed by atoms with E-state index in [1.165, 1.54) is 0 Å². The topological polar surface area (TPSA) is 70.5 Å². The molecule has 2 aliphatic heterocycles. The molecule has 0 aromatic rings. The highest BCUT2D eigenvalue weighted by Crippen LogP contribution is 1.94. The van der Waals surface area contributed by atoms with Gasteiger partial charge in [-0.15, -0.1) is 12.4 Å². The summed E-state index contributed by atoms with van der Waals surface area (Å²) in [5.41, 5.74) is 12.2. The number of halogens is 1. The lowest BCUT2D eigenvalue weighted by molar-refractivity contribution is 0.284. The van der Waals surface area contributed by atoms with Crippen LogP contribution in [0.15, 0.2) is 48.2 Å². The minimum atomic E-state index is 0. The maximum atomic E-state index is 5.33. The summed E-state index contributed by atoms with van der Waals surface area (Å²) in [4.78, 5) is 0. The number of ether oxygens (including phenoxy) is 2. The van der Waals surface area contributed by atoms with Crippen LogP contribution in [0.2, 0.25) is 0 Å². The lowest BCUT2D eigenvalue weighted by Gasteiger charge is -2.00. The molecule has 5 heteroatoms. The van der Waals surface area contributed by atoms with Crippen molar-refractivity contribution >= 4 is 12.4 Å². The number of nitrogens with two attached hydrogens (primary N) is 2. The summed E-state index contributed by atoms with van der Waals surface area (Å²) in [5, 5.41) is 0. The van der Waals surface area contributed by atoms with E-state index in [1.54, 1.807) is 24.7 Å². The molecular formula is C10H15ClN2O2. The fourth-order valence-corrected chi connectivity index (χ4v) is 0.789. The molecule has 4 nitrogen and oxygen atoms in total. The van der Waals surface area contributed by atoms with Gasteiger partial charge in [0.1, 0.15) is 13.2 Å². The fourth-order valence-electron chi connectivity index (χ4n) is 0.789. The molecule has 0 aromatic heterocycles. The monoisotopic (exact) mass is 230 g/mol. The second-order valence-electron chi connectivity index (χ2n) is 2.68. The first-order valence-electron chi connectivity index (χ1n) is 4.26. The molecule has 0 radical (unpaired) electrons. The normalized spacial score (nSPS) is 16.8. The Morgan fingerprint density at radius 1 is 0.867 bits per heavy atom. The van der Waals surface area contributed by atoms with Gasteiger partial charge in [0.25, 0.3) is 0 Å². The van der Waals surface area contributed by atoms with Gasteiger partial charge in [0, 0.05) is 11.4 Å². The Bertz CT molecular complexity index is 266. The summed E-state index contributed by atoms with van der Waals surface area (Å²) >= 11 is 0. The van der Waals surface area contributed by atoms with Gasteiger partial charge in [-0.25, -0.2) is 0 Å². The molecular weight excluding hydrogens is 216 g/mol. The largest absolute Gasteiger partial charge is 0.497 e. The van der Waals surface area contributed by atoms with Gasteiger partial charge >= 0.3 is 0 Å². The first-order valence-corrected chi connectivity index (χ1v) is 4.26. The number of hydrogen-bond donors (Lipinski definition) is 2. The van der Waals surface area contributed by atoms with E-state index in [0.29, 0.717) is 13.2 Å². The zero-order valence-electron chi connectivity index (χ0n) is 8.26. The van der Waals surface area contributed by atoms with Crippen molar-refractivity contribution in [3.63, 3.8) is 0 Å². The van der Waals surface area contributed by atoms with Gasteiger partial charge in [0.15, 0.2) is 0 Å². The van der Waals surface area contributed by atoms with Crippen molar-refractivity contribution in [1.29, 1.82) is 0 Å². The van der Waals surface area contributed by atoms with Gasteiger partial charge in [-0.3, -0.25) is 0 Å². The molecule has 0 spiro atoms. The van der Waals surface area contributed by atoms with Crippen molar-refractivity contribution in [2.45, 2.75) is 0 Å². The summed E-state index contributed by atoms with van der Waals surface area (Å²) < 4.78 is 9.61. The Morgan fingerprint density at radius 2 is 1.27 bits per heavy atom. The van der Waals surface area contributed by atoms with Crippen LogP contribution in [0.25, 0.3) is 0 Å². The maximum Gasteiger partial charge on any atom is 0.108 e. The lowest BCUT2D eigenvalue weighted by Crippen LogP contribution is -1.99. The van der Waals surface area contributed by atoms with E-state index in [-0.39, 0.29) is 12.4 Å². The molecule has 0 aromatic carbocycles. The van der Waals surface area contributed by atoms with E-state index in [2.05, 4.69) is 0 Å². The molecule has 2 rings (SSSR count). The van der Waals surface area contributed by atoms with Crippen LogP contribution in [0.5, 0.6) is 0 Å². The molecule has 0 saturated carbocycles. The summed E-state index contributed by atoms with van der Waals surface area (Å²) in [5.74, 6) is 0. The van der Waals surface area contributed by atoms with Gasteiger partial charge in [0.2, 0.25) is 0 Å². The minimum Gasteiger partial charge on any atom is -0.497 e. The van der Waals surface area contributed by atoms with E-state index in [4.69, 9.17) is 20.9 Å². The summed E-state index contributed by atoms with van der Waals surface area (Å²) in [6, 6.07) is 0. The molecule has 0 aliphatic carbocycles. The highest BCUT2D eigenvalue weighted by atomic mass is 35.5. The third-order valence-corrected chi connectivity index (χ3v) is 1.54. The van der Waals surface area contributed by atoms with E-state index >= 15 is 0 Å². The Balaban J connectivity index is 0.000000245. The van der Waals surface area contributed by atoms with Crippen molar-refractivity contribution < 1.29 is 9.47 Å². The van der Waals surface area contributed by atoms with E-state index < -0.39 is 0 Å². The molecule has 0 saturated heterocycles. The van der Waals surface area contributed by atoms with Gasteiger partial charge in [-0.2, -0.15) is 0 Å². The van der Waals surface area contributed by atoms with Crippen LogP contribution in [0.4, 0.5) is 0 Å². The molecule has 0 unspecified atom stereocenters. The Labute approximate surface area is 95.3 Å². The predicted octanol–water partition coefficient (Wildman–Crippen LogP) is 1.17. The minimum absolute atomic E-state index is 0. The quantitative estimate of drug-likeness (QED) is 0.655. The Hall–Kier alpha value is -1.55. The SMILES string of the molecule is Cl.NC1=CCOC=C1.NC1=CCOC=C1. The molecule has 15 heavy (non-hydrogen) atoms. The highest BCUT2D eigenvalue weighted by Gasteiger charge is 1.87. The van der Waals surface area contributed by atoms with Gasteiger partial charge in [-0.05, 0) is 24.3 Å². The first-order chi connectivity index (χ1) is 6.79. The van der Waals surface area contributed by atoms with Crippen LogP contribution in [0.1, 0.15) is 0 Å². The van der Waals surface area contributed by atoms with Gasteiger partial charge in [0.05, 0.1) is 12.5 Å². The Kier molecular flexibility index (Phi) is 7.01. The van der Waals surface area contributed by atoms with Gasteiger partial charge in [-0.1, -0.05) is 0 Å². The molecule has 84 valence electrons. The smallest absolute Gasteiger partial charge is 0.108 e. The van der Waals surface area contributed by atoms with E-state index in [9.17, 15) is 0 Å². The maximum absolute atomic E-state index is 5.33. The summed E-state index contributed by atoms with van der Waals surface area (Å²) in [6.45, 7) is 1.23. The first kappa shape index (κ1) is 13.4. The van der Waals surface area contributed by atoms with Crippen LogP contribution < -0.4 is 11.5 Å². The zero-order valence-corrected chi connectivity index (χ0v) is 9.07. The van der Waals surface area contributed by atoms with Crippen molar-refractivity contribution in [3.8, 4) is 0 Å². The molecule has 2 heterocycles. The lowest BCUT2D eigenvalue weighted by atomic mass is 10.4. The average Bonchev–Trinajstić information content (AvgIpc) is 2.21. The third kappa shape index (κ3) is 6.51. The molecule has 0 amide bonds.